The molecule has 0 rings (SSSR count). The molecule has 0 bridgehead atoms. The molecule has 12 heavy (non-hydrogen) atoms. The molecular weight excluding hydrogens is 158 g/mol. The van der Waals surface area contributed by atoms with Crippen LogP contribution in [0.25, 0.3) is 0 Å². The van der Waals surface area contributed by atoms with E-state index in [4.69, 9.17) is 9.84 Å². The van der Waals surface area contributed by atoms with Crippen molar-refractivity contribution in [2.24, 2.45) is 0 Å². The summed E-state index contributed by atoms with van der Waals surface area (Å²) >= 11 is 0. The molecule has 0 spiro atoms. The second kappa shape index (κ2) is 8.05. The molecule has 0 aliphatic carbocycles. The second-order valence-electron chi connectivity index (χ2n) is 1.98. The maximum Gasteiger partial charge on any atom is 0.246 e. The molecule has 0 aliphatic heterocycles. The Morgan fingerprint density at radius 3 is 3.00 bits per heavy atom. The Balaban J connectivity index is 3.25. The van der Waals surface area contributed by atoms with Crippen molar-refractivity contribution in [2.45, 2.75) is 6.92 Å². The molecule has 68 valence electrons. The highest BCUT2D eigenvalue weighted by atomic mass is 16.5. The maximum absolute atomic E-state index is 10.8. The van der Waals surface area contributed by atoms with Crippen LogP contribution in [0.15, 0.2) is 0 Å². The number of aliphatic hydroxyl groups is 1. The number of nitrogens with one attached hydrogen (secondary N) is 1. The Kier molecular flexibility index (Phi) is 7.35. The zero-order valence-electron chi connectivity index (χ0n) is 7.09. The lowest BCUT2D eigenvalue weighted by Crippen LogP contribution is -2.28. The minimum Gasteiger partial charge on any atom is -0.394 e. The van der Waals surface area contributed by atoms with E-state index < -0.39 is 0 Å². The summed E-state index contributed by atoms with van der Waals surface area (Å²) in [6.45, 7) is 2.15. The molecule has 0 radical (unpaired) electrons. The van der Waals surface area contributed by atoms with Crippen molar-refractivity contribution in [1.82, 2.24) is 5.32 Å². The first-order valence-electron chi connectivity index (χ1n) is 3.66. The van der Waals surface area contributed by atoms with Gasteiger partial charge in [-0.25, -0.2) is 0 Å². The standard InChI is InChI=1S/C8H13NO3/c1-2-3-4-9-8(11)7-12-6-5-10/h10H,4-7H2,1H3,(H,9,11). The minimum atomic E-state index is -0.216. The Bertz CT molecular complexity index is 180. The van der Waals surface area contributed by atoms with E-state index in [1.165, 1.54) is 0 Å². The van der Waals surface area contributed by atoms with Crippen LogP contribution in [-0.2, 0) is 9.53 Å². The highest BCUT2D eigenvalue weighted by molar-refractivity contribution is 5.77. The highest BCUT2D eigenvalue weighted by Crippen LogP contribution is 1.73. The Morgan fingerprint density at radius 1 is 1.67 bits per heavy atom. The Labute approximate surface area is 71.9 Å². The summed E-state index contributed by atoms with van der Waals surface area (Å²) < 4.78 is 4.77. The predicted molar refractivity (Wildman–Crippen MR) is 44.4 cm³/mol. The molecule has 0 heterocycles. The molecule has 0 aromatic heterocycles. The van der Waals surface area contributed by atoms with Crippen LogP contribution in [0.4, 0.5) is 0 Å². The fourth-order valence-corrected chi connectivity index (χ4v) is 0.512. The van der Waals surface area contributed by atoms with E-state index in [9.17, 15) is 4.79 Å². The third kappa shape index (κ3) is 7.06. The van der Waals surface area contributed by atoms with Gasteiger partial charge in [0.25, 0.3) is 0 Å². The van der Waals surface area contributed by atoms with Gasteiger partial charge in [-0.2, -0.15) is 0 Å². The summed E-state index contributed by atoms with van der Waals surface area (Å²) in [5, 5.41) is 10.8. The van der Waals surface area contributed by atoms with E-state index in [-0.39, 0.29) is 25.7 Å². The number of hydrogen-bond acceptors (Lipinski definition) is 3. The van der Waals surface area contributed by atoms with Crippen LogP contribution in [-0.4, -0.2) is 37.4 Å². The van der Waals surface area contributed by atoms with Crippen molar-refractivity contribution in [1.29, 1.82) is 0 Å². The largest absolute Gasteiger partial charge is 0.394 e. The van der Waals surface area contributed by atoms with Gasteiger partial charge in [-0.05, 0) is 6.92 Å². The van der Waals surface area contributed by atoms with Crippen molar-refractivity contribution in [2.75, 3.05) is 26.4 Å². The summed E-state index contributed by atoms with van der Waals surface area (Å²) in [4.78, 5) is 10.8. The monoisotopic (exact) mass is 171 g/mol. The SMILES string of the molecule is CC#CCNC(=O)COCCO. The molecule has 0 aromatic rings. The molecule has 4 nitrogen and oxygen atoms in total. The third-order valence-electron chi connectivity index (χ3n) is 1.02. The molecule has 2 N–H and O–H groups in total. The number of aliphatic hydroxyl groups excluding tert-OH is 1. The van der Waals surface area contributed by atoms with Gasteiger partial charge in [0.05, 0.1) is 19.8 Å². The molecule has 0 atom stereocenters. The summed E-state index contributed by atoms with van der Waals surface area (Å²) in [6.07, 6.45) is 0. The highest BCUT2D eigenvalue weighted by Gasteiger charge is 1.97. The van der Waals surface area contributed by atoms with Crippen LogP contribution in [0.5, 0.6) is 0 Å². The summed E-state index contributed by atoms with van der Waals surface area (Å²) in [5.41, 5.74) is 0. The fraction of sp³-hybridized carbons (Fsp3) is 0.625. The lowest BCUT2D eigenvalue weighted by atomic mass is 10.5. The van der Waals surface area contributed by atoms with E-state index in [1.54, 1.807) is 6.92 Å². The van der Waals surface area contributed by atoms with E-state index in [1.807, 2.05) is 0 Å². The molecule has 0 fully saturated rings. The summed E-state index contributed by atoms with van der Waals surface area (Å²) in [6, 6.07) is 0. The smallest absolute Gasteiger partial charge is 0.246 e. The first-order valence-corrected chi connectivity index (χ1v) is 3.66. The number of carbonyl (C=O) groups is 1. The van der Waals surface area contributed by atoms with Crippen molar-refractivity contribution in [3.63, 3.8) is 0 Å². The van der Waals surface area contributed by atoms with Gasteiger partial charge in [-0.3, -0.25) is 4.79 Å². The molecule has 0 unspecified atom stereocenters. The molecule has 0 saturated heterocycles. The Hall–Kier alpha value is -1.05. The van der Waals surface area contributed by atoms with Gasteiger partial charge < -0.3 is 15.2 Å². The van der Waals surface area contributed by atoms with Crippen molar-refractivity contribution in [3.8, 4) is 11.8 Å². The average Bonchev–Trinajstić information content (AvgIpc) is 2.06. The van der Waals surface area contributed by atoms with Crippen LogP contribution in [0.3, 0.4) is 0 Å². The Morgan fingerprint density at radius 2 is 2.42 bits per heavy atom. The van der Waals surface area contributed by atoms with Gasteiger partial charge >= 0.3 is 0 Å². The summed E-state index contributed by atoms with van der Waals surface area (Å²) in [5.74, 6) is 5.11. The van der Waals surface area contributed by atoms with E-state index in [0.717, 1.165) is 0 Å². The minimum absolute atomic E-state index is 0.0219. The number of carbonyl (C=O) groups excluding carboxylic acids is 1. The normalized spacial score (nSPS) is 8.50. The van der Waals surface area contributed by atoms with E-state index in [0.29, 0.717) is 6.54 Å². The molecule has 0 aliphatic rings. The predicted octanol–water partition coefficient (Wildman–Crippen LogP) is -0.865. The average molecular weight is 171 g/mol. The zero-order valence-corrected chi connectivity index (χ0v) is 7.09. The second-order valence-corrected chi connectivity index (χ2v) is 1.98. The first kappa shape index (κ1) is 11.0. The van der Waals surface area contributed by atoms with E-state index >= 15 is 0 Å². The maximum atomic E-state index is 10.8. The van der Waals surface area contributed by atoms with Gasteiger partial charge in [0, 0.05) is 0 Å². The quantitative estimate of drug-likeness (QED) is 0.418. The molecule has 0 aromatic carbocycles. The number of ether oxygens (including phenoxy) is 1. The zero-order chi connectivity index (χ0) is 9.23. The third-order valence-corrected chi connectivity index (χ3v) is 1.02. The van der Waals surface area contributed by atoms with Crippen molar-refractivity contribution >= 4 is 5.91 Å². The molecule has 0 saturated carbocycles. The van der Waals surface area contributed by atoms with Crippen LogP contribution in [0, 0.1) is 11.8 Å². The van der Waals surface area contributed by atoms with Gasteiger partial charge in [0.1, 0.15) is 6.61 Å². The van der Waals surface area contributed by atoms with Crippen molar-refractivity contribution in [3.05, 3.63) is 0 Å². The van der Waals surface area contributed by atoms with Gasteiger partial charge in [-0.15, -0.1) is 5.92 Å². The molecule has 4 heteroatoms. The molecule has 1 amide bonds. The van der Waals surface area contributed by atoms with Crippen molar-refractivity contribution < 1.29 is 14.6 Å². The van der Waals surface area contributed by atoms with Crippen LogP contribution in [0.2, 0.25) is 0 Å². The fourth-order valence-electron chi connectivity index (χ4n) is 0.512. The van der Waals surface area contributed by atoms with Crippen LogP contribution < -0.4 is 5.32 Å². The van der Waals surface area contributed by atoms with Gasteiger partial charge in [0.15, 0.2) is 0 Å². The van der Waals surface area contributed by atoms with E-state index in [2.05, 4.69) is 17.2 Å². The van der Waals surface area contributed by atoms with Gasteiger partial charge in [0.2, 0.25) is 5.91 Å². The lowest BCUT2D eigenvalue weighted by molar-refractivity contribution is -0.125. The van der Waals surface area contributed by atoms with Crippen LogP contribution in [0.1, 0.15) is 6.92 Å². The first-order chi connectivity index (χ1) is 5.81. The lowest BCUT2D eigenvalue weighted by Gasteiger charge is -2.01. The number of hydrogen-bond donors (Lipinski definition) is 2. The number of rotatable bonds is 5. The summed E-state index contributed by atoms with van der Waals surface area (Å²) in [7, 11) is 0. The number of amides is 1. The van der Waals surface area contributed by atoms with Crippen LogP contribution >= 0.6 is 0 Å². The topological polar surface area (TPSA) is 58.6 Å². The molecular formula is C8H13NO3. The van der Waals surface area contributed by atoms with Gasteiger partial charge in [-0.1, -0.05) is 5.92 Å².